The average Bonchev–Trinajstić information content (AvgIpc) is 3.22. The predicted octanol–water partition coefficient (Wildman–Crippen LogP) is 3.51. The van der Waals surface area contributed by atoms with Crippen LogP contribution in [0.1, 0.15) is 51.3 Å². The van der Waals surface area contributed by atoms with Gasteiger partial charge >= 0.3 is 0 Å². The van der Waals surface area contributed by atoms with E-state index in [0.29, 0.717) is 5.92 Å². The Morgan fingerprint density at radius 3 is 2.75 bits per heavy atom. The summed E-state index contributed by atoms with van der Waals surface area (Å²) < 4.78 is 0. The molecule has 0 aromatic carbocycles. The molecule has 0 atom stereocenters. The molecule has 1 aromatic rings. The first-order valence-electron chi connectivity index (χ1n) is 8.04. The van der Waals surface area contributed by atoms with E-state index in [1.54, 1.807) is 0 Å². The van der Waals surface area contributed by atoms with E-state index in [-0.39, 0.29) is 0 Å². The van der Waals surface area contributed by atoms with Gasteiger partial charge in [-0.25, -0.2) is 0 Å². The Bertz CT molecular complexity index is 424. The van der Waals surface area contributed by atoms with Crippen molar-refractivity contribution in [2.75, 3.05) is 18.0 Å². The summed E-state index contributed by atoms with van der Waals surface area (Å²) in [6.07, 6.45) is 5.92. The normalized spacial score (nSPS) is 14.8. The lowest BCUT2D eigenvalue weighted by Crippen LogP contribution is -2.31. The molecule has 0 aliphatic heterocycles. The van der Waals surface area contributed by atoms with E-state index in [1.165, 1.54) is 30.5 Å². The van der Waals surface area contributed by atoms with Crippen LogP contribution in [0.4, 0.5) is 5.69 Å². The SMILES string of the molecule is CCCNCc1cnc(C)cc1N(CC(C)C)C1CC1. The zero-order valence-electron chi connectivity index (χ0n) is 13.4. The second kappa shape index (κ2) is 7.07. The fraction of sp³-hybridized carbons (Fsp3) is 0.706. The van der Waals surface area contributed by atoms with Gasteiger partial charge in [-0.15, -0.1) is 0 Å². The molecule has 112 valence electrons. The van der Waals surface area contributed by atoms with Crippen LogP contribution in [-0.2, 0) is 6.54 Å². The van der Waals surface area contributed by atoms with Crippen molar-refractivity contribution in [2.45, 2.75) is 59.5 Å². The van der Waals surface area contributed by atoms with Crippen LogP contribution in [0.5, 0.6) is 0 Å². The maximum absolute atomic E-state index is 4.49. The minimum absolute atomic E-state index is 0.695. The molecule has 1 N–H and O–H groups in total. The highest BCUT2D eigenvalue weighted by molar-refractivity contribution is 5.55. The standard InChI is InChI=1S/C17H29N3/c1-5-8-18-10-15-11-19-14(4)9-17(15)20(12-13(2)3)16-6-7-16/h9,11,13,16,18H,5-8,10,12H2,1-4H3. The largest absolute Gasteiger partial charge is 0.368 e. The van der Waals surface area contributed by atoms with Gasteiger partial charge < -0.3 is 10.2 Å². The summed E-state index contributed by atoms with van der Waals surface area (Å²) in [6.45, 7) is 12.0. The van der Waals surface area contributed by atoms with Gasteiger partial charge in [0.2, 0.25) is 0 Å². The van der Waals surface area contributed by atoms with E-state index in [4.69, 9.17) is 0 Å². The van der Waals surface area contributed by atoms with E-state index < -0.39 is 0 Å². The summed E-state index contributed by atoms with van der Waals surface area (Å²) in [5, 5.41) is 3.51. The van der Waals surface area contributed by atoms with E-state index in [1.807, 2.05) is 0 Å². The van der Waals surface area contributed by atoms with Gasteiger partial charge in [0.25, 0.3) is 0 Å². The number of pyridine rings is 1. The summed E-state index contributed by atoms with van der Waals surface area (Å²) in [7, 11) is 0. The molecule has 0 unspecified atom stereocenters. The highest BCUT2D eigenvalue weighted by atomic mass is 15.2. The third-order valence-electron chi connectivity index (χ3n) is 3.70. The van der Waals surface area contributed by atoms with Gasteiger partial charge in [0.15, 0.2) is 0 Å². The average molecular weight is 275 g/mol. The molecule has 0 spiro atoms. The lowest BCUT2D eigenvalue weighted by molar-refractivity contribution is 0.601. The number of anilines is 1. The molecule has 1 aromatic heterocycles. The maximum atomic E-state index is 4.49. The molecule has 0 amide bonds. The third-order valence-corrected chi connectivity index (χ3v) is 3.70. The molecule has 1 aliphatic rings. The van der Waals surface area contributed by atoms with Crippen LogP contribution in [0.25, 0.3) is 0 Å². The minimum atomic E-state index is 0.695. The van der Waals surface area contributed by atoms with Crippen LogP contribution >= 0.6 is 0 Å². The van der Waals surface area contributed by atoms with Gasteiger partial charge in [0.05, 0.1) is 0 Å². The van der Waals surface area contributed by atoms with Gasteiger partial charge in [0, 0.05) is 42.3 Å². The van der Waals surface area contributed by atoms with Crippen molar-refractivity contribution in [1.82, 2.24) is 10.3 Å². The van der Waals surface area contributed by atoms with E-state index in [0.717, 1.165) is 31.4 Å². The molecule has 20 heavy (non-hydrogen) atoms. The van der Waals surface area contributed by atoms with Gasteiger partial charge in [-0.05, 0) is 44.7 Å². The van der Waals surface area contributed by atoms with E-state index in [9.17, 15) is 0 Å². The van der Waals surface area contributed by atoms with Crippen LogP contribution < -0.4 is 10.2 Å². The van der Waals surface area contributed by atoms with E-state index >= 15 is 0 Å². The monoisotopic (exact) mass is 275 g/mol. The van der Waals surface area contributed by atoms with Crippen molar-refractivity contribution in [3.63, 3.8) is 0 Å². The first-order valence-corrected chi connectivity index (χ1v) is 8.04. The number of hydrogen-bond donors (Lipinski definition) is 1. The molecule has 0 saturated heterocycles. The van der Waals surface area contributed by atoms with Crippen molar-refractivity contribution < 1.29 is 0 Å². The lowest BCUT2D eigenvalue weighted by atomic mass is 10.1. The summed E-state index contributed by atoms with van der Waals surface area (Å²) in [4.78, 5) is 7.11. The summed E-state index contributed by atoms with van der Waals surface area (Å²) in [6, 6.07) is 3.02. The van der Waals surface area contributed by atoms with Crippen LogP contribution in [0.3, 0.4) is 0 Å². The van der Waals surface area contributed by atoms with Crippen LogP contribution in [0.2, 0.25) is 0 Å². The minimum Gasteiger partial charge on any atom is -0.368 e. The Balaban J connectivity index is 2.19. The van der Waals surface area contributed by atoms with Crippen molar-refractivity contribution >= 4 is 5.69 Å². The molecule has 1 saturated carbocycles. The van der Waals surface area contributed by atoms with Gasteiger partial charge in [0.1, 0.15) is 0 Å². The lowest BCUT2D eigenvalue weighted by Gasteiger charge is -2.29. The second-order valence-electron chi connectivity index (χ2n) is 6.41. The fourth-order valence-electron chi connectivity index (χ4n) is 2.60. The Hall–Kier alpha value is -1.09. The van der Waals surface area contributed by atoms with Gasteiger partial charge in [-0.3, -0.25) is 4.98 Å². The van der Waals surface area contributed by atoms with Crippen molar-refractivity contribution in [1.29, 1.82) is 0 Å². The van der Waals surface area contributed by atoms with Gasteiger partial charge in [-0.2, -0.15) is 0 Å². The number of aryl methyl sites for hydroxylation is 1. The number of rotatable bonds is 8. The smallest absolute Gasteiger partial charge is 0.0448 e. The number of nitrogens with zero attached hydrogens (tertiary/aromatic N) is 2. The van der Waals surface area contributed by atoms with Gasteiger partial charge in [-0.1, -0.05) is 20.8 Å². The highest BCUT2D eigenvalue weighted by Crippen LogP contribution is 2.34. The molecule has 1 fully saturated rings. The van der Waals surface area contributed by atoms with Crippen LogP contribution in [0, 0.1) is 12.8 Å². The zero-order valence-corrected chi connectivity index (χ0v) is 13.4. The fourth-order valence-corrected chi connectivity index (χ4v) is 2.60. The number of aromatic nitrogens is 1. The van der Waals surface area contributed by atoms with Crippen LogP contribution in [0.15, 0.2) is 12.3 Å². The van der Waals surface area contributed by atoms with Crippen molar-refractivity contribution in [2.24, 2.45) is 5.92 Å². The van der Waals surface area contributed by atoms with Crippen molar-refractivity contribution in [3.05, 3.63) is 23.5 Å². The molecule has 3 nitrogen and oxygen atoms in total. The number of nitrogens with one attached hydrogen (secondary N) is 1. The molecule has 0 radical (unpaired) electrons. The molecule has 0 bridgehead atoms. The highest BCUT2D eigenvalue weighted by Gasteiger charge is 2.30. The first kappa shape index (κ1) is 15.3. The molecular formula is C17H29N3. The number of hydrogen-bond acceptors (Lipinski definition) is 3. The Kier molecular flexibility index (Phi) is 5.41. The summed E-state index contributed by atoms with van der Waals surface area (Å²) in [5.74, 6) is 0.695. The van der Waals surface area contributed by atoms with E-state index in [2.05, 4.69) is 55.2 Å². The topological polar surface area (TPSA) is 28.2 Å². The Morgan fingerprint density at radius 2 is 2.15 bits per heavy atom. The molecule has 1 heterocycles. The molecule has 1 aliphatic carbocycles. The summed E-state index contributed by atoms with van der Waals surface area (Å²) >= 11 is 0. The second-order valence-corrected chi connectivity index (χ2v) is 6.41. The molecular weight excluding hydrogens is 246 g/mol. The Morgan fingerprint density at radius 1 is 1.40 bits per heavy atom. The molecule has 3 heteroatoms. The third kappa shape index (κ3) is 4.20. The first-order chi connectivity index (χ1) is 9.61. The zero-order chi connectivity index (χ0) is 14.5. The quantitative estimate of drug-likeness (QED) is 0.736. The molecule has 2 rings (SSSR count). The van der Waals surface area contributed by atoms with Crippen molar-refractivity contribution in [3.8, 4) is 0 Å². The predicted molar refractivity (Wildman–Crippen MR) is 86.2 cm³/mol. The Labute approximate surface area is 123 Å². The van der Waals surface area contributed by atoms with Crippen LogP contribution in [-0.4, -0.2) is 24.1 Å². The summed E-state index contributed by atoms with van der Waals surface area (Å²) in [5.41, 5.74) is 3.86. The maximum Gasteiger partial charge on any atom is 0.0448 e.